The van der Waals surface area contributed by atoms with Gasteiger partial charge in [0.05, 0.1) is 11.7 Å². The van der Waals surface area contributed by atoms with Gasteiger partial charge in [0.15, 0.2) is 5.82 Å². The van der Waals surface area contributed by atoms with E-state index in [-0.39, 0.29) is 0 Å². The van der Waals surface area contributed by atoms with Crippen molar-refractivity contribution in [1.29, 1.82) is 0 Å². The van der Waals surface area contributed by atoms with Crippen LogP contribution in [-0.4, -0.2) is 29.5 Å². The highest BCUT2D eigenvalue weighted by Gasteiger charge is 2.28. The van der Waals surface area contributed by atoms with Crippen molar-refractivity contribution >= 4 is 11.8 Å². The van der Waals surface area contributed by atoms with Crippen LogP contribution in [0.3, 0.4) is 0 Å². The Balaban J connectivity index is 2.10. The molecule has 1 saturated carbocycles. The van der Waals surface area contributed by atoms with Crippen molar-refractivity contribution in [2.24, 2.45) is 0 Å². The predicted molar refractivity (Wildman–Crippen MR) is 70.2 cm³/mol. The van der Waals surface area contributed by atoms with Crippen LogP contribution >= 0.6 is 11.8 Å². The van der Waals surface area contributed by atoms with E-state index in [1.807, 2.05) is 7.05 Å². The molecule has 0 radical (unpaired) electrons. The van der Waals surface area contributed by atoms with Gasteiger partial charge in [-0.05, 0) is 26.1 Å². The average Bonchev–Trinajstić information content (AvgIpc) is 2.66. The third-order valence-electron chi connectivity index (χ3n) is 3.46. The van der Waals surface area contributed by atoms with E-state index in [1.165, 1.54) is 25.7 Å². The monoisotopic (exact) mass is 255 g/mol. The summed E-state index contributed by atoms with van der Waals surface area (Å²) in [6.45, 7) is 0. The minimum Gasteiger partial charge on any atom is -0.339 e. The molecule has 0 bridgehead atoms. The Labute approximate surface area is 107 Å². The number of nitrogens with zero attached hydrogens (tertiary/aromatic N) is 2. The number of rotatable bonds is 4. The first-order chi connectivity index (χ1) is 8.35. The molecule has 1 heterocycles. The first-order valence-corrected chi connectivity index (χ1v) is 7.73. The lowest BCUT2D eigenvalue weighted by molar-refractivity contribution is 0.309. The van der Waals surface area contributed by atoms with E-state index in [9.17, 15) is 0 Å². The zero-order valence-corrected chi connectivity index (χ0v) is 11.4. The Morgan fingerprint density at radius 2 is 2.18 bits per heavy atom. The maximum Gasteiger partial charge on any atom is 0.231 e. The van der Waals surface area contributed by atoms with Crippen molar-refractivity contribution in [2.75, 3.05) is 13.3 Å². The van der Waals surface area contributed by atoms with Crippen LogP contribution in [0.1, 0.15) is 49.7 Å². The van der Waals surface area contributed by atoms with Crippen molar-refractivity contribution < 1.29 is 4.52 Å². The molecule has 96 valence electrons. The van der Waals surface area contributed by atoms with E-state index in [1.54, 1.807) is 11.8 Å². The molecule has 2 unspecified atom stereocenters. The summed E-state index contributed by atoms with van der Waals surface area (Å²) in [6, 6.07) is 0.486. The summed E-state index contributed by atoms with van der Waals surface area (Å²) < 4.78 is 5.43. The molecule has 0 saturated heterocycles. The summed E-state index contributed by atoms with van der Waals surface area (Å²) in [6.07, 6.45) is 8.31. The molecule has 17 heavy (non-hydrogen) atoms. The molecular weight excluding hydrogens is 234 g/mol. The Bertz CT molecular complexity index is 342. The minimum atomic E-state index is 0.394. The van der Waals surface area contributed by atoms with Crippen LogP contribution < -0.4 is 5.32 Å². The molecule has 1 N–H and O–H groups in total. The number of hydrogen-bond donors (Lipinski definition) is 1. The lowest BCUT2D eigenvalue weighted by Gasteiger charge is -2.20. The van der Waals surface area contributed by atoms with Gasteiger partial charge in [0, 0.05) is 6.04 Å². The molecule has 0 amide bonds. The smallest absolute Gasteiger partial charge is 0.231 e. The lowest BCUT2D eigenvalue weighted by atomic mass is 9.95. The van der Waals surface area contributed by atoms with Crippen LogP contribution in [0.5, 0.6) is 0 Å². The minimum absolute atomic E-state index is 0.394. The van der Waals surface area contributed by atoms with Crippen molar-refractivity contribution in [1.82, 2.24) is 15.5 Å². The summed E-state index contributed by atoms with van der Waals surface area (Å²) >= 11 is 1.72. The van der Waals surface area contributed by atoms with Gasteiger partial charge in [-0.3, -0.25) is 0 Å². The topological polar surface area (TPSA) is 51.0 Å². The van der Waals surface area contributed by atoms with Gasteiger partial charge in [-0.2, -0.15) is 16.7 Å². The maximum atomic E-state index is 5.43. The first-order valence-electron chi connectivity index (χ1n) is 6.34. The zero-order chi connectivity index (χ0) is 12.1. The second-order valence-electron chi connectivity index (χ2n) is 4.62. The average molecular weight is 255 g/mol. The fraction of sp³-hybridized carbons (Fsp3) is 0.833. The number of hydrogen-bond acceptors (Lipinski definition) is 5. The Morgan fingerprint density at radius 3 is 2.94 bits per heavy atom. The Kier molecular flexibility index (Phi) is 4.86. The van der Waals surface area contributed by atoms with E-state index in [0.717, 1.165) is 23.9 Å². The molecule has 2 rings (SSSR count). The molecule has 1 aliphatic carbocycles. The third-order valence-corrected chi connectivity index (χ3v) is 4.01. The maximum absolute atomic E-state index is 5.43. The molecule has 4 nitrogen and oxygen atoms in total. The fourth-order valence-electron chi connectivity index (χ4n) is 2.55. The van der Waals surface area contributed by atoms with Crippen LogP contribution in [0.25, 0.3) is 0 Å². The van der Waals surface area contributed by atoms with Crippen molar-refractivity contribution in [3.8, 4) is 0 Å². The molecule has 2 atom stereocenters. The number of thioether (sulfide) groups is 1. The molecule has 1 aromatic rings. The number of likely N-dealkylation sites (N-methyl/N-ethyl adjacent to an activating group) is 1. The highest BCUT2D eigenvalue weighted by Crippen LogP contribution is 2.31. The standard InChI is InChI=1S/C12H21N3OS/c1-13-10-7-5-3-4-6-9(10)12-14-11(8-17-2)15-16-12/h9-10,13H,3-8H2,1-2H3. The summed E-state index contributed by atoms with van der Waals surface area (Å²) in [5.41, 5.74) is 0. The van der Waals surface area contributed by atoms with E-state index >= 15 is 0 Å². The molecule has 1 aliphatic rings. The zero-order valence-electron chi connectivity index (χ0n) is 10.6. The van der Waals surface area contributed by atoms with Gasteiger partial charge in [-0.1, -0.05) is 24.4 Å². The van der Waals surface area contributed by atoms with Gasteiger partial charge in [-0.15, -0.1) is 0 Å². The lowest BCUT2D eigenvalue weighted by Crippen LogP contribution is -2.31. The highest BCUT2D eigenvalue weighted by atomic mass is 32.2. The Hall–Kier alpha value is -0.550. The van der Waals surface area contributed by atoms with Crippen LogP contribution in [0.2, 0.25) is 0 Å². The van der Waals surface area contributed by atoms with Crippen LogP contribution in [0.4, 0.5) is 0 Å². The van der Waals surface area contributed by atoms with Crippen LogP contribution in [-0.2, 0) is 5.75 Å². The van der Waals surface area contributed by atoms with Crippen molar-refractivity contribution in [3.05, 3.63) is 11.7 Å². The van der Waals surface area contributed by atoms with Crippen LogP contribution in [0.15, 0.2) is 4.52 Å². The fourth-order valence-corrected chi connectivity index (χ4v) is 2.93. The van der Waals surface area contributed by atoms with Gasteiger partial charge in [0.1, 0.15) is 0 Å². The molecule has 0 spiro atoms. The third kappa shape index (κ3) is 3.22. The Morgan fingerprint density at radius 1 is 1.35 bits per heavy atom. The number of nitrogens with one attached hydrogen (secondary N) is 1. The van der Waals surface area contributed by atoms with Gasteiger partial charge < -0.3 is 9.84 Å². The summed E-state index contributed by atoms with van der Waals surface area (Å²) in [7, 11) is 2.03. The summed E-state index contributed by atoms with van der Waals surface area (Å²) in [5.74, 6) is 2.88. The first kappa shape index (κ1) is 12.9. The molecule has 0 aromatic carbocycles. The van der Waals surface area contributed by atoms with Gasteiger partial charge in [0.2, 0.25) is 5.89 Å². The molecule has 1 fully saturated rings. The van der Waals surface area contributed by atoms with Crippen molar-refractivity contribution in [2.45, 2.75) is 49.8 Å². The van der Waals surface area contributed by atoms with Crippen molar-refractivity contribution in [3.63, 3.8) is 0 Å². The largest absolute Gasteiger partial charge is 0.339 e. The summed E-state index contributed by atoms with van der Waals surface area (Å²) in [5, 5.41) is 7.45. The van der Waals surface area contributed by atoms with Crippen LogP contribution in [0, 0.1) is 0 Å². The predicted octanol–water partition coefficient (Wildman–Crippen LogP) is 2.57. The second kappa shape index (κ2) is 6.40. The van der Waals surface area contributed by atoms with E-state index in [0.29, 0.717) is 12.0 Å². The SMILES string of the molecule is CNC1CCCCCC1c1nc(CSC)no1. The quantitative estimate of drug-likeness (QED) is 0.838. The van der Waals surface area contributed by atoms with Gasteiger partial charge in [-0.25, -0.2) is 0 Å². The second-order valence-corrected chi connectivity index (χ2v) is 5.49. The molecule has 0 aliphatic heterocycles. The molecule has 1 aromatic heterocycles. The van der Waals surface area contributed by atoms with Gasteiger partial charge in [0.25, 0.3) is 0 Å². The summed E-state index contributed by atoms with van der Waals surface area (Å²) in [4.78, 5) is 4.52. The van der Waals surface area contributed by atoms with E-state index in [2.05, 4.69) is 21.7 Å². The molecule has 5 heteroatoms. The van der Waals surface area contributed by atoms with E-state index in [4.69, 9.17) is 4.52 Å². The normalized spacial score (nSPS) is 25.8. The van der Waals surface area contributed by atoms with E-state index < -0.39 is 0 Å². The van der Waals surface area contributed by atoms with Gasteiger partial charge >= 0.3 is 0 Å². The number of aromatic nitrogens is 2. The molecular formula is C12H21N3OS. The highest BCUT2D eigenvalue weighted by molar-refractivity contribution is 7.97.